The van der Waals surface area contributed by atoms with E-state index >= 15 is 0 Å². The highest BCUT2D eigenvalue weighted by molar-refractivity contribution is 6.13. The van der Waals surface area contributed by atoms with E-state index in [2.05, 4.69) is 10.3 Å². The van der Waals surface area contributed by atoms with Crippen LogP contribution in [0.25, 0.3) is 10.9 Å². The number of carbonyl (C=O) groups is 1. The van der Waals surface area contributed by atoms with E-state index in [1.54, 1.807) is 36.5 Å². The Morgan fingerprint density at radius 1 is 1.20 bits per heavy atom. The molecule has 1 heterocycles. The highest BCUT2D eigenvalue weighted by Crippen LogP contribution is 2.22. The first-order valence-corrected chi connectivity index (χ1v) is 6.07. The minimum Gasteiger partial charge on any atom is -0.399 e. The molecular weight excluding hydrogens is 257 g/mol. The van der Waals surface area contributed by atoms with Crippen molar-refractivity contribution in [2.75, 3.05) is 11.1 Å². The second kappa shape index (κ2) is 4.70. The van der Waals surface area contributed by atoms with Crippen LogP contribution in [0.1, 0.15) is 10.4 Å². The summed E-state index contributed by atoms with van der Waals surface area (Å²) in [6.45, 7) is 0. The van der Waals surface area contributed by atoms with Crippen molar-refractivity contribution in [3.8, 4) is 0 Å². The molecule has 1 aromatic heterocycles. The number of nitrogens with two attached hydrogens (primary N) is 1. The number of aromatic amines is 1. The quantitative estimate of drug-likeness (QED) is 0.625. The molecule has 0 saturated carbocycles. The molecule has 2 aromatic carbocycles. The van der Waals surface area contributed by atoms with Crippen LogP contribution in [0.5, 0.6) is 0 Å². The van der Waals surface area contributed by atoms with Crippen molar-refractivity contribution in [3.63, 3.8) is 0 Å². The van der Waals surface area contributed by atoms with Gasteiger partial charge >= 0.3 is 0 Å². The molecule has 0 aliphatic rings. The summed E-state index contributed by atoms with van der Waals surface area (Å²) in [5.74, 6) is -0.854. The van der Waals surface area contributed by atoms with Gasteiger partial charge in [0, 0.05) is 22.8 Å². The van der Waals surface area contributed by atoms with Crippen molar-refractivity contribution >= 4 is 28.2 Å². The molecule has 5 heteroatoms. The summed E-state index contributed by atoms with van der Waals surface area (Å²) >= 11 is 0. The second-order valence-corrected chi connectivity index (χ2v) is 4.44. The predicted octanol–water partition coefficient (Wildman–Crippen LogP) is 3.14. The molecule has 4 N–H and O–H groups in total. The first-order chi connectivity index (χ1) is 9.65. The topological polar surface area (TPSA) is 70.9 Å². The van der Waals surface area contributed by atoms with E-state index in [0.29, 0.717) is 16.6 Å². The summed E-state index contributed by atoms with van der Waals surface area (Å²) in [5, 5.41) is 3.26. The molecule has 0 aliphatic carbocycles. The monoisotopic (exact) mass is 269 g/mol. The van der Waals surface area contributed by atoms with Gasteiger partial charge in [-0.25, -0.2) is 4.39 Å². The van der Waals surface area contributed by atoms with Gasteiger partial charge in [-0.3, -0.25) is 4.79 Å². The van der Waals surface area contributed by atoms with Gasteiger partial charge in [0.2, 0.25) is 0 Å². The fraction of sp³-hybridized carbons (Fsp3) is 0. The van der Waals surface area contributed by atoms with E-state index in [9.17, 15) is 9.18 Å². The molecule has 100 valence electrons. The Labute approximate surface area is 114 Å². The van der Waals surface area contributed by atoms with Crippen molar-refractivity contribution in [3.05, 3.63) is 60.0 Å². The zero-order valence-electron chi connectivity index (χ0n) is 10.5. The van der Waals surface area contributed by atoms with Crippen LogP contribution in [0.3, 0.4) is 0 Å². The average Bonchev–Trinajstić information content (AvgIpc) is 2.84. The Balaban J connectivity index is 1.97. The van der Waals surface area contributed by atoms with Crippen LogP contribution in [-0.4, -0.2) is 10.9 Å². The van der Waals surface area contributed by atoms with Crippen molar-refractivity contribution in [2.45, 2.75) is 0 Å². The molecule has 0 fully saturated rings. The largest absolute Gasteiger partial charge is 0.399 e. The van der Waals surface area contributed by atoms with Crippen LogP contribution in [-0.2, 0) is 0 Å². The molecule has 0 aliphatic heterocycles. The molecule has 0 atom stereocenters. The summed E-state index contributed by atoms with van der Waals surface area (Å²) in [4.78, 5) is 15.2. The Hall–Kier alpha value is -2.82. The van der Waals surface area contributed by atoms with Gasteiger partial charge in [0.15, 0.2) is 0 Å². The third kappa shape index (κ3) is 2.09. The van der Waals surface area contributed by atoms with Crippen LogP contribution in [0, 0.1) is 5.82 Å². The Kier molecular flexibility index (Phi) is 2.87. The summed E-state index contributed by atoms with van der Waals surface area (Å²) in [6, 6.07) is 11.3. The number of aromatic nitrogens is 1. The van der Waals surface area contributed by atoms with Gasteiger partial charge < -0.3 is 16.0 Å². The van der Waals surface area contributed by atoms with E-state index < -0.39 is 5.82 Å². The summed E-state index contributed by atoms with van der Waals surface area (Å²) < 4.78 is 13.5. The molecule has 0 radical (unpaired) electrons. The van der Waals surface area contributed by atoms with Crippen molar-refractivity contribution in [1.29, 1.82) is 0 Å². The number of carbonyl (C=O) groups excluding carboxylic acids is 1. The smallest absolute Gasteiger partial charge is 0.257 e. The molecule has 3 rings (SSSR count). The van der Waals surface area contributed by atoms with E-state index in [1.165, 1.54) is 12.1 Å². The van der Waals surface area contributed by atoms with E-state index in [0.717, 1.165) is 5.52 Å². The van der Waals surface area contributed by atoms with Crippen LogP contribution < -0.4 is 11.1 Å². The number of fused-ring (bicyclic) bond motifs is 1. The maximum Gasteiger partial charge on any atom is 0.257 e. The Morgan fingerprint density at radius 3 is 2.80 bits per heavy atom. The number of halogens is 1. The number of hydrogen-bond donors (Lipinski definition) is 3. The van der Waals surface area contributed by atoms with Crippen molar-refractivity contribution < 1.29 is 9.18 Å². The molecule has 0 spiro atoms. The fourth-order valence-corrected chi connectivity index (χ4v) is 2.08. The minimum atomic E-state index is -0.472. The van der Waals surface area contributed by atoms with Crippen molar-refractivity contribution in [1.82, 2.24) is 4.98 Å². The van der Waals surface area contributed by atoms with E-state index in [4.69, 9.17) is 5.73 Å². The standard InChI is InChI=1S/C15H12FN3O/c16-12-3-1-2-4-14(12)19-15(20)11-8-18-13-6-5-9(17)7-10(11)13/h1-8,18H,17H2,(H,19,20). The number of para-hydroxylation sites is 1. The number of H-pyrrole nitrogens is 1. The lowest BCUT2D eigenvalue weighted by Crippen LogP contribution is -2.12. The number of anilines is 2. The lowest BCUT2D eigenvalue weighted by Gasteiger charge is -2.05. The minimum absolute atomic E-state index is 0.149. The van der Waals surface area contributed by atoms with Gasteiger partial charge in [0.05, 0.1) is 11.3 Å². The van der Waals surface area contributed by atoms with E-state index in [-0.39, 0.29) is 11.6 Å². The predicted molar refractivity (Wildman–Crippen MR) is 77.1 cm³/mol. The average molecular weight is 269 g/mol. The van der Waals surface area contributed by atoms with Gasteiger partial charge in [-0.2, -0.15) is 0 Å². The molecule has 3 aromatic rings. The zero-order valence-corrected chi connectivity index (χ0v) is 10.5. The molecular formula is C15H12FN3O. The Morgan fingerprint density at radius 2 is 2.00 bits per heavy atom. The van der Waals surface area contributed by atoms with Crippen LogP contribution in [0.15, 0.2) is 48.7 Å². The van der Waals surface area contributed by atoms with Gasteiger partial charge in [-0.1, -0.05) is 12.1 Å². The maximum absolute atomic E-state index is 13.5. The summed E-state index contributed by atoms with van der Waals surface area (Å²) in [5.41, 5.74) is 7.67. The molecule has 1 amide bonds. The van der Waals surface area contributed by atoms with Gasteiger partial charge in [-0.15, -0.1) is 0 Å². The van der Waals surface area contributed by atoms with Gasteiger partial charge in [0.25, 0.3) is 5.91 Å². The molecule has 0 saturated heterocycles. The number of nitrogens with one attached hydrogen (secondary N) is 2. The zero-order chi connectivity index (χ0) is 14.1. The van der Waals surface area contributed by atoms with Crippen molar-refractivity contribution in [2.24, 2.45) is 0 Å². The highest BCUT2D eigenvalue weighted by atomic mass is 19.1. The first kappa shape index (κ1) is 12.2. The van der Waals surface area contributed by atoms with E-state index in [1.807, 2.05) is 0 Å². The third-order valence-corrected chi connectivity index (χ3v) is 3.07. The fourth-order valence-electron chi connectivity index (χ4n) is 2.08. The van der Waals surface area contributed by atoms with Crippen LogP contribution in [0.4, 0.5) is 15.8 Å². The summed E-state index contributed by atoms with van der Waals surface area (Å²) in [6.07, 6.45) is 1.58. The Bertz CT molecular complexity index is 795. The lowest BCUT2D eigenvalue weighted by molar-refractivity contribution is 0.102. The molecule has 0 unspecified atom stereocenters. The van der Waals surface area contributed by atoms with Crippen LogP contribution in [0.2, 0.25) is 0 Å². The second-order valence-electron chi connectivity index (χ2n) is 4.44. The maximum atomic E-state index is 13.5. The SMILES string of the molecule is Nc1ccc2[nH]cc(C(=O)Nc3ccccc3F)c2c1. The normalized spacial score (nSPS) is 10.7. The number of rotatable bonds is 2. The first-order valence-electron chi connectivity index (χ1n) is 6.07. The van der Waals surface area contributed by atoms with Gasteiger partial charge in [0.1, 0.15) is 5.82 Å². The number of nitrogen functional groups attached to an aromatic ring is 1. The highest BCUT2D eigenvalue weighted by Gasteiger charge is 2.13. The molecule has 0 bridgehead atoms. The number of benzene rings is 2. The number of hydrogen-bond acceptors (Lipinski definition) is 2. The van der Waals surface area contributed by atoms with Crippen LogP contribution >= 0.6 is 0 Å². The lowest BCUT2D eigenvalue weighted by atomic mass is 10.1. The van der Waals surface area contributed by atoms with Gasteiger partial charge in [-0.05, 0) is 30.3 Å². The summed E-state index contributed by atoms with van der Waals surface area (Å²) in [7, 11) is 0. The molecule has 4 nitrogen and oxygen atoms in total. The number of amides is 1. The molecule has 20 heavy (non-hydrogen) atoms. The third-order valence-electron chi connectivity index (χ3n) is 3.07.